The maximum Gasteiger partial charge on any atom is 0.329 e. The molecule has 0 rings (SSSR count). The average molecular weight is 244 g/mol. The van der Waals surface area contributed by atoms with Crippen molar-refractivity contribution in [3.05, 3.63) is 0 Å². The first-order valence-electron chi connectivity index (χ1n) is 6.21. The zero-order valence-electron chi connectivity index (χ0n) is 11.2. The van der Waals surface area contributed by atoms with Crippen molar-refractivity contribution in [1.29, 1.82) is 0 Å². The van der Waals surface area contributed by atoms with Crippen molar-refractivity contribution in [1.82, 2.24) is 10.2 Å². The first-order chi connectivity index (χ1) is 7.91. The molecule has 100 valence electrons. The summed E-state index contributed by atoms with van der Waals surface area (Å²) in [4.78, 5) is 24.6. The molecule has 0 aliphatic rings. The van der Waals surface area contributed by atoms with Crippen molar-refractivity contribution < 1.29 is 14.7 Å². The van der Waals surface area contributed by atoms with Gasteiger partial charge in [-0.15, -0.1) is 0 Å². The van der Waals surface area contributed by atoms with Crippen LogP contribution in [0.5, 0.6) is 0 Å². The highest BCUT2D eigenvalue weighted by molar-refractivity contribution is 5.85. The van der Waals surface area contributed by atoms with Crippen LogP contribution in [0, 0.1) is 0 Å². The highest BCUT2D eigenvalue weighted by Gasteiger charge is 2.33. The Morgan fingerprint density at radius 3 is 2.24 bits per heavy atom. The summed E-state index contributed by atoms with van der Waals surface area (Å²) in [6.45, 7) is 8.47. The van der Waals surface area contributed by atoms with Crippen LogP contribution in [0.25, 0.3) is 0 Å². The van der Waals surface area contributed by atoms with E-state index in [9.17, 15) is 9.59 Å². The van der Waals surface area contributed by atoms with Crippen LogP contribution in [-0.2, 0) is 4.79 Å². The van der Waals surface area contributed by atoms with Crippen LogP contribution in [0.4, 0.5) is 4.79 Å². The lowest BCUT2D eigenvalue weighted by atomic mass is 10.00. The van der Waals surface area contributed by atoms with Crippen molar-refractivity contribution >= 4 is 12.0 Å². The van der Waals surface area contributed by atoms with E-state index in [1.807, 2.05) is 6.92 Å². The number of urea groups is 1. The number of carbonyl (C=O) groups is 2. The monoisotopic (exact) mass is 244 g/mol. The van der Waals surface area contributed by atoms with Gasteiger partial charge >= 0.3 is 12.0 Å². The van der Waals surface area contributed by atoms with Crippen molar-refractivity contribution in [3.8, 4) is 0 Å². The third-order valence-corrected chi connectivity index (χ3v) is 3.01. The van der Waals surface area contributed by atoms with Gasteiger partial charge in [0.15, 0.2) is 0 Å². The van der Waals surface area contributed by atoms with Gasteiger partial charge in [-0.25, -0.2) is 9.59 Å². The second-order valence-electron chi connectivity index (χ2n) is 4.35. The number of hydrogen-bond donors (Lipinski definition) is 2. The molecule has 0 radical (unpaired) electrons. The van der Waals surface area contributed by atoms with E-state index >= 15 is 0 Å². The fourth-order valence-corrected chi connectivity index (χ4v) is 1.36. The van der Waals surface area contributed by atoms with E-state index in [1.54, 1.807) is 11.8 Å². The molecule has 5 nitrogen and oxygen atoms in total. The minimum absolute atomic E-state index is 0.298. The van der Waals surface area contributed by atoms with Crippen LogP contribution in [0.3, 0.4) is 0 Å². The van der Waals surface area contributed by atoms with Gasteiger partial charge in [0.2, 0.25) is 0 Å². The fraction of sp³-hybridized carbons (Fsp3) is 0.833. The molecule has 5 heteroatoms. The topological polar surface area (TPSA) is 69.6 Å². The summed E-state index contributed by atoms with van der Waals surface area (Å²) < 4.78 is 0. The first-order valence-corrected chi connectivity index (χ1v) is 6.21. The lowest BCUT2D eigenvalue weighted by Gasteiger charge is -2.29. The maximum absolute atomic E-state index is 11.9. The minimum atomic E-state index is -1.18. The third kappa shape index (κ3) is 4.63. The lowest BCUT2D eigenvalue weighted by molar-refractivity contribution is -0.143. The minimum Gasteiger partial charge on any atom is -0.480 e. The molecule has 0 spiro atoms. The Kier molecular flexibility index (Phi) is 6.61. The zero-order valence-corrected chi connectivity index (χ0v) is 11.2. The Balaban J connectivity index is 4.53. The van der Waals surface area contributed by atoms with Gasteiger partial charge in [-0.1, -0.05) is 20.3 Å². The van der Waals surface area contributed by atoms with Gasteiger partial charge in [0.05, 0.1) is 0 Å². The van der Waals surface area contributed by atoms with E-state index < -0.39 is 11.5 Å². The van der Waals surface area contributed by atoms with Gasteiger partial charge in [-0.2, -0.15) is 0 Å². The molecule has 1 unspecified atom stereocenters. The number of carbonyl (C=O) groups excluding carboxylic acids is 1. The van der Waals surface area contributed by atoms with Gasteiger partial charge in [0.25, 0.3) is 0 Å². The number of carboxylic acid groups (broad SMARTS) is 1. The molecule has 0 aromatic carbocycles. The Bertz CT molecular complexity index is 268. The summed E-state index contributed by atoms with van der Waals surface area (Å²) in [6.07, 6.45) is 2.30. The predicted octanol–water partition coefficient (Wildman–Crippen LogP) is 2.07. The standard InChI is InChI=1S/C12H24N2O3/c1-5-8-9-14(7-3)11(17)13-12(4,6-2)10(15)16/h5-9H2,1-4H3,(H,13,17)(H,15,16). The van der Waals surface area contributed by atoms with Crippen molar-refractivity contribution in [2.24, 2.45) is 0 Å². The van der Waals surface area contributed by atoms with E-state index in [0.29, 0.717) is 19.5 Å². The molecule has 0 bridgehead atoms. The van der Waals surface area contributed by atoms with Crippen LogP contribution in [0.2, 0.25) is 0 Å². The largest absolute Gasteiger partial charge is 0.480 e. The number of nitrogens with zero attached hydrogens (tertiary/aromatic N) is 1. The van der Waals surface area contributed by atoms with E-state index in [-0.39, 0.29) is 6.03 Å². The molecule has 0 fully saturated rings. The van der Waals surface area contributed by atoms with Crippen molar-refractivity contribution in [3.63, 3.8) is 0 Å². The number of hydrogen-bond acceptors (Lipinski definition) is 2. The van der Waals surface area contributed by atoms with Crippen LogP contribution >= 0.6 is 0 Å². The highest BCUT2D eigenvalue weighted by Crippen LogP contribution is 2.10. The Morgan fingerprint density at radius 1 is 1.29 bits per heavy atom. The van der Waals surface area contributed by atoms with E-state index in [0.717, 1.165) is 12.8 Å². The second-order valence-corrected chi connectivity index (χ2v) is 4.35. The summed E-state index contributed by atoms with van der Waals surface area (Å²) in [7, 11) is 0. The average Bonchev–Trinajstić information content (AvgIpc) is 2.29. The highest BCUT2D eigenvalue weighted by atomic mass is 16.4. The molecule has 0 saturated heterocycles. The van der Waals surface area contributed by atoms with E-state index in [1.165, 1.54) is 6.92 Å². The quantitative estimate of drug-likeness (QED) is 0.720. The molecule has 2 N–H and O–H groups in total. The summed E-state index contributed by atoms with van der Waals surface area (Å²) in [5.74, 6) is -1.00. The van der Waals surface area contributed by atoms with Crippen LogP contribution in [0.15, 0.2) is 0 Å². The van der Waals surface area contributed by atoms with Gasteiger partial charge in [0, 0.05) is 13.1 Å². The summed E-state index contributed by atoms with van der Waals surface area (Å²) in [6, 6.07) is -0.298. The van der Waals surface area contributed by atoms with Gasteiger partial charge in [-0.3, -0.25) is 0 Å². The zero-order chi connectivity index (χ0) is 13.5. The normalized spacial score (nSPS) is 13.9. The molecule has 0 aliphatic heterocycles. The van der Waals surface area contributed by atoms with Gasteiger partial charge in [-0.05, 0) is 26.7 Å². The Hall–Kier alpha value is -1.26. The molecule has 0 heterocycles. The van der Waals surface area contributed by atoms with Crippen LogP contribution in [0.1, 0.15) is 47.0 Å². The van der Waals surface area contributed by atoms with Gasteiger partial charge in [0.1, 0.15) is 5.54 Å². The molecule has 0 aromatic heterocycles. The van der Waals surface area contributed by atoms with E-state index in [2.05, 4.69) is 12.2 Å². The summed E-state index contributed by atoms with van der Waals surface area (Å²) in [5, 5.41) is 11.7. The summed E-state index contributed by atoms with van der Waals surface area (Å²) in [5.41, 5.74) is -1.18. The molecule has 17 heavy (non-hydrogen) atoms. The molecular weight excluding hydrogens is 220 g/mol. The molecule has 2 amide bonds. The number of rotatable bonds is 7. The number of carboxylic acids is 1. The smallest absolute Gasteiger partial charge is 0.329 e. The molecule has 1 atom stereocenters. The lowest BCUT2D eigenvalue weighted by Crippen LogP contribution is -2.55. The van der Waals surface area contributed by atoms with Crippen LogP contribution < -0.4 is 5.32 Å². The summed E-state index contributed by atoms with van der Waals surface area (Å²) >= 11 is 0. The number of aliphatic carboxylic acids is 1. The van der Waals surface area contributed by atoms with Gasteiger partial charge < -0.3 is 15.3 Å². The van der Waals surface area contributed by atoms with Crippen LogP contribution in [-0.4, -0.2) is 40.6 Å². The molecular formula is C12H24N2O3. The third-order valence-electron chi connectivity index (χ3n) is 3.01. The molecule has 0 aromatic rings. The number of unbranched alkanes of at least 4 members (excludes halogenated alkanes) is 1. The first kappa shape index (κ1) is 15.7. The fourth-order valence-electron chi connectivity index (χ4n) is 1.36. The SMILES string of the molecule is CCCCN(CC)C(=O)NC(C)(CC)C(=O)O. The Labute approximate surface area is 103 Å². The Morgan fingerprint density at radius 2 is 1.88 bits per heavy atom. The van der Waals surface area contributed by atoms with Crippen molar-refractivity contribution in [2.75, 3.05) is 13.1 Å². The second kappa shape index (κ2) is 7.14. The molecule has 0 saturated carbocycles. The number of nitrogens with one attached hydrogen (secondary N) is 1. The van der Waals surface area contributed by atoms with Crippen molar-refractivity contribution in [2.45, 2.75) is 52.5 Å². The predicted molar refractivity (Wildman–Crippen MR) is 67.0 cm³/mol. The van der Waals surface area contributed by atoms with E-state index in [4.69, 9.17) is 5.11 Å². The number of amides is 2. The molecule has 0 aliphatic carbocycles. The maximum atomic E-state index is 11.9.